The van der Waals surface area contributed by atoms with Crippen LogP contribution >= 0.6 is 11.8 Å². The number of nitrogens with one attached hydrogen (secondary N) is 1. The van der Waals surface area contributed by atoms with E-state index in [4.69, 9.17) is 5.11 Å². The van der Waals surface area contributed by atoms with Crippen molar-refractivity contribution in [1.82, 2.24) is 4.98 Å². The Balaban J connectivity index is 2.11. The zero-order valence-electron chi connectivity index (χ0n) is 10.8. The van der Waals surface area contributed by atoms with Crippen LogP contribution in [0, 0.1) is 5.82 Å². The molecule has 1 heterocycles. The maximum absolute atomic E-state index is 13.9. The molecule has 1 saturated carbocycles. The molecule has 6 heteroatoms. The first-order valence-electron chi connectivity index (χ1n) is 6.25. The van der Waals surface area contributed by atoms with Crippen LogP contribution in [0.5, 0.6) is 0 Å². The fourth-order valence-corrected chi connectivity index (χ4v) is 3.36. The monoisotopic (exact) mass is 284 g/mol. The van der Waals surface area contributed by atoms with Gasteiger partial charge in [0.25, 0.3) is 0 Å². The zero-order chi connectivity index (χ0) is 13.9. The van der Waals surface area contributed by atoms with E-state index in [1.54, 1.807) is 11.8 Å². The van der Waals surface area contributed by atoms with Crippen molar-refractivity contribution in [2.24, 2.45) is 0 Å². The Morgan fingerprint density at radius 3 is 2.84 bits per heavy atom. The largest absolute Gasteiger partial charge is 0.478 e. The average Bonchev–Trinajstić information content (AvgIpc) is 2.87. The van der Waals surface area contributed by atoms with Crippen LogP contribution in [0.25, 0.3) is 0 Å². The van der Waals surface area contributed by atoms with Gasteiger partial charge in [0.15, 0.2) is 11.6 Å². The molecule has 2 rings (SSSR count). The molecule has 1 aromatic rings. The summed E-state index contributed by atoms with van der Waals surface area (Å²) >= 11 is 1.79. The first-order chi connectivity index (χ1) is 9.08. The average molecular weight is 284 g/mol. The van der Waals surface area contributed by atoms with E-state index in [1.807, 2.05) is 0 Å². The van der Waals surface area contributed by atoms with Crippen LogP contribution in [-0.2, 0) is 0 Å². The maximum atomic E-state index is 13.9. The summed E-state index contributed by atoms with van der Waals surface area (Å²) in [4.78, 5) is 14.7. The van der Waals surface area contributed by atoms with Gasteiger partial charge in [0, 0.05) is 17.5 Å². The van der Waals surface area contributed by atoms with E-state index in [-0.39, 0.29) is 16.1 Å². The molecule has 1 aliphatic carbocycles. The van der Waals surface area contributed by atoms with Crippen molar-refractivity contribution in [3.8, 4) is 0 Å². The molecule has 1 aromatic heterocycles. The number of halogens is 1. The number of carbonyl (C=O) groups is 1. The molecular weight excluding hydrogens is 267 g/mol. The third kappa shape index (κ3) is 3.00. The van der Waals surface area contributed by atoms with Gasteiger partial charge in [-0.05, 0) is 25.2 Å². The summed E-state index contributed by atoms with van der Waals surface area (Å²) < 4.78 is 14.0. The number of rotatable bonds is 5. The topological polar surface area (TPSA) is 62.2 Å². The summed E-state index contributed by atoms with van der Waals surface area (Å²) in [5.74, 6) is -2.03. The first kappa shape index (κ1) is 14.1. The quantitative estimate of drug-likeness (QED) is 0.870. The van der Waals surface area contributed by atoms with E-state index < -0.39 is 11.8 Å². The fraction of sp³-hybridized carbons (Fsp3) is 0.538. The highest BCUT2D eigenvalue weighted by Gasteiger charge is 2.33. The van der Waals surface area contributed by atoms with E-state index in [0.717, 1.165) is 12.8 Å². The van der Waals surface area contributed by atoms with Crippen molar-refractivity contribution >= 4 is 23.5 Å². The minimum Gasteiger partial charge on any atom is -0.478 e. The van der Waals surface area contributed by atoms with Gasteiger partial charge in [-0.15, -0.1) is 0 Å². The van der Waals surface area contributed by atoms with E-state index in [0.29, 0.717) is 6.54 Å². The normalized spacial score (nSPS) is 17.4. The molecule has 0 radical (unpaired) electrons. The molecule has 0 bridgehead atoms. The van der Waals surface area contributed by atoms with Crippen LogP contribution < -0.4 is 5.32 Å². The summed E-state index contributed by atoms with van der Waals surface area (Å²) in [7, 11) is 0. The number of carboxylic acids is 1. The minimum atomic E-state index is -1.27. The molecule has 0 unspecified atom stereocenters. The van der Waals surface area contributed by atoms with Crippen LogP contribution in [0.15, 0.2) is 12.3 Å². The molecule has 1 aliphatic rings. The molecule has 104 valence electrons. The Morgan fingerprint density at radius 1 is 1.58 bits per heavy atom. The van der Waals surface area contributed by atoms with Gasteiger partial charge >= 0.3 is 5.97 Å². The number of hydrogen-bond acceptors (Lipinski definition) is 4. The van der Waals surface area contributed by atoms with Crippen LogP contribution in [0.4, 0.5) is 10.2 Å². The predicted octanol–water partition coefficient (Wildman–Crippen LogP) is 3.01. The maximum Gasteiger partial charge on any atom is 0.338 e. The minimum absolute atomic E-state index is 0.0280. The Kier molecular flexibility index (Phi) is 4.29. The zero-order valence-corrected chi connectivity index (χ0v) is 11.6. The number of aromatic nitrogens is 1. The lowest BCUT2D eigenvalue weighted by Crippen LogP contribution is -2.30. The van der Waals surface area contributed by atoms with Gasteiger partial charge < -0.3 is 10.4 Å². The van der Waals surface area contributed by atoms with Crippen molar-refractivity contribution in [2.45, 2.75) is 30.4 Å². The van der Waals surface area contributed by atoms with Gasteiger partial charge in [0.1, 0.15) is 5.56 Å². The Morgan fingerprint density at radius 2 is 2.26 bits per heavy atom. The molecule has 2 N–H and O–H groups in total. The number of anilines is 1. The third-order valence-electron chi connectivity index (χ3n) is 3.65. The summed E-state index contributed by atoms with van der Waals surface area (Å²) in [6.45, 7) is 0.612. The second-order valence-electron chi connectivity index (χ2n) is 4.77. The Hall–Kier alpha value is -1.30. The molecule has 0 saturated heterocycles. The number of carboxylic acid groups (broad SMARTS) is 1. The molecule has 0 amide bonds. The van der Waals surface area contributed by atoms with E-state index in [9.17, 15) is 9.18 Å². The fourth-order valence-electron chi connectivity index (χ4n) is 2.45. The molecule has 1 fully saturated rings. The number of nitrogens with zero attached hydrogens (tertiary/aromatic N) is 1. The molecule has 0 atom stereocenters. The van der Waals surface area contributed by atoms with E-state index >= 15 is 0 Å². The summed E-state index contributed by atoms with van der Waals surface area (Å²) in [5, 5.41) is 11.8. The highest BCUT2D eigenvalue weighted by molar-refractivity contribution is 8.00. The summed E-state index contributed by atoms with van der Waals surface area (Å²) in [5.41, 5.74) is -0.345. The number of aromatic carboxylic acids is 1. The summed E-state index contributed by atoms with van der Waals surface area (Å²) in [6, 6.07) is 1.17. The van der Waals surface area contributed by atoms with Gasteiger partial charge in [0.05, 0.1) is 0 Å². The highest BCUT2D eigenvalue weighted by Crippen LogP contribution is 2.40. The molecule has 4 nitrogen and oxygen atoms in total. The standard InChI is InChI=1S/C13H17FN2O2S/c1-19-13(5-2-3-6-13)8-16-11-10(14)9(12(17)18)4-7-15-11/h4,7H,2-3,5-6,8H2,1H3,(H,15,16)(H,17,18). The second-order valence-corrected chi connectivity index (χ2v) is 6.05. The Bertz CT molecular complexity index is 476. The van der Waals surface area contributed by atoms with Crippen LogP contribution in [0.2, 0.25) is 0 Å². The van der Waals surface area contributed by atoms with Crippen molar-refractivity contribution < 1.29 is 14.3 Å². The van der Waals surface area contributed by atoms with Crippen LogP contribution in [-0.4, -0.2) is 33.6 Å². The van der Waals surface area contributed by atoms with Gasteiger partial charge in [0.2, 0.25) is 0 Å². The molecule has 0 aliphatic heterocycles. The lowest BCUT2D eigenvalue weighted by Gasteiger charge is -2.27. The number of thioether (sulfide) groups is 1. The lowest BCUT2D eigenvalue weighted by atomic mass is 10.1. The second kappa shape index (κ2) is 5.77. The number of pyridine rings is 1. The number of hydrogen-bond donors (Lipinski definition) is 2. The van der Waals surface area contributed by atoms with Crippen molar-refractivity contribution in [3.63, 3.8) is 0 Å². The predicted molar refractivity (Wildman–Crippen MR) is 74.4 cm³/mol. The van der Waals surface area contributed by atoms with Crippen molar-refractivity contribution in [3.05, 3.63) is 23.6 Å². The van der Waals surface area contributed by atoms with Gasteiger partial charge in [-0.25, -0.2) is 14.2 Å². The summed E-state index contributed by atoms with van der Waals surface area (Å²) in [6.07, 6.45) is 7.95. The van der Waals surface area contributed by atoms with E-state index in [1.165, 1.54) is 25.1 Å². The highest BCUT2D eigenvalue weighted by atomic mass is 32.2. The molecular formula is C13H17FN2O2S. The van der Waals surface area contributed by atoms with Gasteiger partial charge in [-0.2, -0.15) is 11.8 Å². The lowest BCUT2D eigenvalue weighted by molar-refractivity contribution is 0.0692. The third-order valence-corrected chi connectivity index (χ3v) is 5.06. The molecule has 19 heavy (non-hydrogen) atoms. The van der Waals surface area contributed by atoms with Gasteiger partial charge in [-0.1, -0.05) is 12.8 Å². The van der Waals surface area contributed by atoms with Gasteiger partial charge in [-0.3, -0.25) is 0 Å². The van der Waals surface area contributed by atoms with Crippen molar-refractivity contribution in [2.75, 3.05) is 18.1 Å². The van der Waals surface area contributed by atoms with Crippen LogP contribution in [0.1, 0.15) is 36.0 Å². The SMILES string of the molecule is CSC1(CNc2nccc(C(=O)O)c2F)CCCC1. The Labute approximate surface area is 115 Å². The first-order valence-corrected chi connectivity index (χ1v) is 7.47. The van der Waals surface area contributed by atoms with Crippen molar-refractivity contribution in [1.29, 1.82) is 0 Å². The molecule has 0 aromatic carbocycles. The van der Waals surface area contributed by atoms with Crippen LogP contribution in [0.3, 0.4) is 0 Å². The smallest absolute Gasteiger partial charge is 0.338 e. The van der Waals surface area contributed by atoms with E-state index in [2.05, 4.69) is 16.6 Å². The molecule has 0 spiro atoms.